The Morgan fingerprint density at radius 1 is 1.05 bits per heavy atom. The minimum atomic E-state index is 0.689. The number of hydrogen-bond donors (Lipinski definition) is 1. The lowest BCUT2D eigenvalue weighted by Crippen LogP contribution is -2.58. The molecule has 1 aliphatic heterocycles. The summed E-state index contributed by atoms with van der Waals surface area (Å²) in [6.07, 6.45) is 8.32. The molecular weight excluding hydrogens is 244 g/mol. The third-order valence-corrected chi connectivity index (χ3v) is 4.66. The molecular formula is C18H38N2. The van der Waals surface area contributed by atoms with Crippen molar-refractivity contribution >= 4 is 0 Å². The Bertz CT molecular complexity index is 238. The maximum Gasteiger partial charge on any atom is 0.0223 e. The first-order chi connectivity index (χ1) is 9.54. The highest BCUT2D eigenvalue weighted by atomic mass is 15.2. The Labute approximate surface area is 127 Å². The fraction of sp³-hybridized carbons (Fsp3) is 1.00. The monoisotopic (exact) mass is 282 g/mol. The van der Waals surface area contributed by atoms with E-state index in [0.29, 0.717) is 6.04 Å². The molecule has 0 aliphatic carbocycles. The van der Waals surface area contributed by atoms with Crippen molar-refractivity contribution in [3.8, 4) is 0 Å². The Hall–Kier alpha value is -0.0800. The van der Waals surface area contributed by atoms with E-state index < -0.39 is 0 Å². The average molecular weight is 283 g/mol. The Morgan fingerprint density at radius 3 is 2.35 bits per heavy atom. The van der Waals surface area contributed by atoms with E-state index in [-0.39, 0.29) is 0 Å². The highest BCUT2D eigenvalue weighted by molar-refractivity contribution is 4.87. The third-order valence-electron chi connectivity index (χ3n) is 4.66. The van der Waals surface area contributed by atoms with Gasteiger partial charge in [0, 0.05) is 25.2 Å². The normalized spacial score (nSPS) is 24.8. The Kier molecular flexibility index (Phi) is 8.79. The van der Waals surface area contributed by atoms with Crippen LogP contribution in [0.25, 0.3) is 0 Å². The summed E-state index contributed by atoms with van der Waals surface area (Å²) in [6, 6.07) is 1.45. The number of unbranched alkanes of at least 4 members (excludes halogenated alkanes) is 4. The quantitative estimate of drug-likeness (QED) is 0.634. The van der Waals surface area contributed by atoms with E-state index in [2.05, 4.69) is 44.8 Å². The summed E-state index contributed by atoms with van der Waals surface area (Å²) in [6.45, 7) is 15.5. The van der Waals surface area contributed by atoms with Crippen LogP contribution in [0.3, 0.4) is 0 Å². The molecule has 0 aromatic carbocycles. The third kappa shape index (κ3) is 6.58. The highest BCUT2D eigenvalue weighted by Gasteiger charge is 2.29. The molecule has 1 saturated heterocycles. The molecule has 20 heavy (non-hydrogen) atoms. The fourth-order valence-corrected chi connectivity index (χ4v) is 3.30. The minimum Gasteiger partial charge on any atom is -0.311 e. The molecule has 2 atom stereocenters. The van der Waals surface area contributed by atoms with Gasteiger partial charge in [-0.2, -0.15) is 0 Å². The van der Waals surface area contributed by atoms with E-state index >= 15 is 0 Å². The van der Waals surface area contributed by atoms with Crippen LogP contribution in [0.15, 0.2) is 0 Å². The highest BCUT2D eigenvalue weighted by Crippen LogP contribution is 2.19. The number of hydrogen-bond acceptors (Lipinski definition) is 2. The van der Waals surface area contributed by atoms with Gasteiger partial charge in [0.2, 0.25) is 0 Å². The topological polar surface area (TPSA) is 15.3 Å². The zero-order valence-corrected chi connectivity index (χ0v) is 14.6. The predicted molar refractivity (Wildman–Crippen MR) is 90.2 cm³/mol. The van der Waals surface area contributed by atoms with Crippen LogP contribution in [-0.2, 0) is 0 Å². The molecule has 1 N–H and O–H groups in total. The van der Waals surface area contributed by atoms with Gasteiger partial charge < -0.3 is 5.32 Å². The zero-order valence-electron chi connectivity index (χ0n) is 14.6. The van der Waals surface area contributed by atoms with Gasteiger partial charge in [-0.15, -0.1) is 0 Å². The lowest BCUT2D eigenvalue weighted by Gasteiger charge is -2.42. The predicted octanol–water partition coefficient (Wildman–Crippen LogP) is 4.30. The molecule has 0 aromatic heterocycles. The number of rotatable bonds is 9. The van der Waals surface area contributed by atoms with Crippen LogP contribution >= 0.6 is 0 Å². The van der Waals surface area contributed by atoms with Crippen LogP contribution < -0.4 is 5.32 Å². The van der Waals surface area contributed by atoms with Crippen LogP contribution in [0.5, 0.6) is 0 Å². The molecule has 1 rings (SSSR count). The van der Waals surface area contributed by atoms with Crippen LogP contribution in [0.2, 0.25) is 0 Å². The maximum absolute atomic E-state index is 3.77. The average Bonchev–Trinajstić information content (AvgIpc) is 2.39. The van der Waals surface area contributed by atoms with Gasteiger partial charge >= 0.3 is 0 Å². The molecule has 0 spiro atoms. The first kappa shape index (κ1) is 18.0. The van der Waals surface area contributed by atoms with Crippen molar-refractivity contribution in [2.75, 3.05) is 19.6 Å². The number of nitrogens with zero attached hydrogens (tertiary/aromatic N) is 1. The van der Waals surface area contributed by atoms with Crippen molar-refractivity contribution in [3.63, 3.8) is 0 Å². The fourth-order valence-electron chi connectivity index (χ4n) is 3.30. The van der Waals surface area contributed by atoms with Gasteiger partial charge in [-0.05, 0) is 31.2 Å². The van der Waals surface area contributed by atoms with Crippen LogP contribution in [-0.4, -0.2) is 36.6 Å². The van der Waals surface area contributed by atoms with Gasteiger partial charge in [0.05, 0.1) is 0 Å². The SMILES string of the molecule is CCCCCCCN1CC(C(C)C)NCC1CC(C)C. The van der Waals surface area contributed by atoms with Crippen LogP contribution in [0.4, 0.5) is 0 Å². The second-order valence-corrected chi connectivity index (χ2v) is 7.45. The molecule has 0 aromatic rings. The molecule has 2 unspecified atom stereocenters. The van der Waals surface area contributed by atoms with E-state index in [1.54, 1.807) is 0 Å². The van der Waals surface area contributed by atoms with Crippen molar-refractivity contribution in [1.82, 2.24) is 10.2 Å². The van der Waals surface area contributed by atoms with Gasteiger partial charge in [0.15, 0.2) is 0 Å². The summed E-state index contributed by atoms with van der Waals surface area (Å²) in [4.78, 5) is 2.78. The standard InChI is InChI=1S/C18H38N2/c1-6-7-8-9-10-11-20-14-18(16(4)5)19-13-17(20)12-15(2)3/h15-19H,6-14H2,1-5H3. The van der Waals surface area contributed by atoms with Gasteiger partial charge in [0.25, 0.3) is 0 Å². The molecule has 0 saturated carbocycles. The second kappa shape index (κ2) is 9.78. The molecule has 0 amide bonds. The molecule has 2 heteroatoms. The molecule has 1 fully saturated rings. The van der Waals surface area contributed by atoms with E-state index in [0.717, 1.165) is 17.9 Å². The molecule has 0 radical (unpaired) electrons. The lowest BCUT2D eigenvalue weighted by molar-refractivity contribution is 0.0973. The molecule has 120 valence electrons. The Morgan fingerprint density at radius 2 is 1.75 bits per heavy atom. The summed E-state index contributed by atoms with van der Waals surface area (Å²) in [7, 11) is 0. The van der Waals surface area contributed by atoms with Crippen LogP contribution in [0, 0.1) is 11.8 Å². The van der Waals surface area contributed by atoms with Crippen molar-refractivity contribution in [3.05, 3.63) is 0 Å². The molecule has 1 heterocycles. The van der Waals surface area contributed by atoms with Crippen molar-refractivity contribution in [1.29, 1.82) is 0 Å². The lowest BCUT2D eigenvalue weighted by atomic mass is 9.94. The Balaban J connectivity index is 2.40. The summed E-state index contributed by atoms with van der Waals surface area (Å²) in [5.41, 5.74) is 0. The largest absolute Gasteiger partial charge is 0.311 e. The van der Waals surface area contributed by atoms with E-state index in [1.165, 1.54) is 58.2 Å². The summed E-state index contributed by atoms with van der Waals surface area (Å²) < 4.78 is 0. The van der Waals surface area contributed by atoms with Gasteiger partial charge in [-0.25, -0.2) is 0 Å². The summed E-state index contributed by atoms with van der Waals surface area (Å²) >= 11 is 0. The first-order valence-electron chi connectivity index (χ1n) is 9.02. The van der Waals surface area contributed by atoms with E-state index in [4.69, 9.17) is 0 Å². The number of piperazine rings is 1. The zero-order chi connectivity index (χ0) is 15.0. The van der Waals surface area contributed by atoms with Crippen molar-refractivity contribution < 1.29 is 0 Å². The maximum atomic E-state index is 3.77. The van der Waals surface area contributed by atoms with Crippen LogP contribution in [0.1, 0.15) is 73.1 Å². The first-order valence-corrected chi connectivity index (χ1v) is 9.02. The van der Waals surface area contributed by atoms with E-state index in [1.807, 2.05) is 0 Å². The summed E-state index contributed by atoms with van der Waals surface area (Å²) in [5.74, 6) is 1.55. The summed E-state index contributed by atoms with van der Waals surface area (Å²) in [5, 5.41) is 3.77. The van der Waals surface area contributed by atoms with E-state index in [9.17, 15) is 0 Å². The smallest absolute Gasteiger partial charge is 0.0223 e. The molecule has 0 bridgehead atoms. The minimum absolute atomic E-state index is 0.689. The van der Waals surface area contributed by atoms with Gasteiger partial charge in [-0.1, -0.05) is 60.3 Å². The number of nitrogens with one attached hydrogen (secondary N) is 1. The molecule has 1 aliphatic rings. The van der Waals surface area contributed by atoms with Gasteiger partial charge in [-0.3, -0.25) is 4.90 Å². The molecule has 2 nitrogen and oxygen atoms in total. The second-order valence-electron chi connectivity index (χ2n) is 7.45. The van der Waals surface area contributed by atoms with Crippen molar-refractivity contribution in [2.45, 2.75) is 85.2 Å². The van der Waals surface area contributed by atoms with Crippen molar-refractivity contribution in [2.24, 2.45) is 11.8 Å². The van der Waals surface area contributed by atoms with Gasteiger partial charge in [0.1, 0.15) is 0 Å².